The molecule has 0 radical (unpaired) electrons. The van der Waals surface area contributed by atoms with Crippen molar-refractivity contribution < 1.29 is 14.3 Å². The molecule has 0 bridgehead atoms. The minimum atomic E-state index is -0.474. The maximum atomic E-state index is 11.7. The lowest BCUT2D eigenvalue weighted by Gasteiger charge is -2.09. The van der Waals surface area contributed by atoms with Crippen LogP contribution in [0.1, 0.15) is 11.1 Å². The van der Waals surface area contributed by atoms with Crippen LogP contribution in [0.4, 0.5) is 0 Å². The van der Waals surface area contributed by atoms with Crippen molar-refractivity contribution in [1.82, 2.24) is 10.9 Å². The van der Waals surface area contributed by atoms with Gasteiger partial charge in [0.1, 0.15) is 5.75 Å². The lowest BCUT2D eigenvalue weighted by molar-refractivity contribution is -0.128. The summed E-state index contributed by atoms with van der Waals surface area (Å²) in [6.45, 7) is 1.76. The van der Waals surface area contributed by atoms with E-state index in [4.69, 9.17) is 10.00 Å². The van der Waals surface area contributed by atoms with Gasteiger partial charge in [0, 0.05) is 4.90 Å². The molecule has 128 valence electrons. The Morgan fingerprint density at radius 2 is 1.68 bits per heavy atom. The largest absolute Gasteiger partial charge is 0.484 e. The number of hydrogen-bond donors (Lipinski definition) is 2. The number of hydrazine groups is 1. The fraction of sp³-hybridized carbons (Fsp3) is 0.167. The molecule has 0 aliphatic carbocycles. The third kappa shape index (κ3) is 6.57. The maximum Gasteiger partial charge on any atom is 0.276 e. The Labute approximate surface area is 150 Å². The summed E-state index contributed by atoms with van der Waals surface area (Å²) in [5.41, 5.74) is 6.29. The number of rotatable bonds is 6. The van der Waals surface area contributed by atoms with Gasteiger partial charge in [-0.2, -0.15) is 5.26 Å². The monoisotopic (exact) mass is 355 g/mol. The third-order valence-electron chi connectivity index (χ3n) is 3.09. The smallest absolute Gasteiger partial charge is 0.276 e. The van der Waals surface area contributed by atoms with E-state index in [1.807, 2.05) is 37.3 Å². The number of hydrogen-bond acceptors (Lipinski definition) is 5. The van der Waals surface area contributed by atoms with E-state index in [2.05, 4.69) is 10.9 Å². The van der Waals surface area contributed by atoms with Crippen molar-refractivity contribution in [3.8, 4) is 11.8 Å². The van der Waals surface area contributed by atoms with E-state index in [-0.39, 0.29) is 18.3 Å². The molecule has 0 saturated heterocycles. The van der Waals surface area contributed by atoms with Crippen LogP contribution in [0, 0.1) is 18.3 Å². The van der Waals surface area contributed by atoms with Crippen molar-refractivity contribution in [3.63, 3.8) is 0 Å². The maximum absolute atomic E-state index is 11.7. The first kappa shape index (κ1) is 18.4. The Morgan fingerprint density at radius 3 is 2.32 bits per heavy atom. The number of nitriles is 1. The first-order valence-corrected chi connectivity index (χ1v) is 8.45. The van der Waals surface area contributed by atoms with E-state index >= 15 is 0 Å². The second-order valence-corrected chi connectivity index (χ2v) is 6.17. The molecule has 25 heavy (non-hydrogen) atoms. The molecule has 0 spiro atoms. The SMILES string of the molecule is Cc1ccc(SCC(=O)NNC(=O)COc2ccc(C#N)cc2)cc1. The standard InChI is InChI=1S/C18H17N3O3S/c1-13-2-8-16(9-3-13)25-12-18(23)21-20-17(22)11-24-15-6-4-14(10-19)5-7-15/h2-9H,11-12H2,1H3,(H,20,22)(H,21,23). The number of nitrogens with zero attached hydrogens (tertiary/aromatic N) is 1. The highest BCUT2D eigenvalue weighted by molar-refractivity contribution is 8.00. The van der Waals surface area contributed by atoms with Gasteiger partial charge in [0.05, 0.1) is 17.4 Å². The molecule has 0 fully saturated rings. The lowest BCUT2D eigenvalue weighted by atomic mass is 10.2. The van der Waals surface area contributed by atoms with Crippen LogP contribution in [0.5, 0.6) is 5.75 Å². The highest BCUT2D eigenvalue weighted by Gasteiger charge is 2.06. The van der Waals surface area contributed by atoms with Gasteiger partial charge < -0.3 is 4.74 Å². The predicted octanol–water partition coefficient (Wildman–Crippen LogP) is 2.19. The third-order valence-corrected chi connectivity index (χ3v) is 4.10. The molecule has 6 nitrogen and oxygen atoms in total. The van der Waals surface area contributed by atoms with Gasteiger partial charge in [0.2, 0.25) is 5.91 Å². The normalized spacial score (nSPS) is 9.76. The van der Waals surface area contributed by atoms with Gasteiger partial charge in [-0.1, -0.05) is 17.7 Å². The number of aryl methyl sites for hydroxylation is 1. The topological polar surface area (TPSA) is 91.2 Å². The van der Waals surface area contributed by atoms with Crippen LogP contribution >= 0.6 is 11.8 Å². The van der Waals surface area contributed by atoms with Crippen molar-refractivity contribution in [1.29, 1.82) is 5.26 Å². The van der Waals surface area contributed by atoms with E-state index in [0.717, 1.165) is 10.5 Å². The molecular weight excluding hydrogens is 338 g/mol. The Kier molecular flexibility index (Phi) is 6.87. The molecule has 2 aromatic rings. The zero-order valence-corrected chi connectivity index (χ0v) is 14.4. The first-order valence-electron chi connectivity index (χ1n) is 7.47. The van der Waals surface area contributed by atoms with Gasteiger partial charge in [0.15, 0.2) is 6.61 Å². The summed E-state index contributed by atoms with van der Waals surface area (Å²) < 4.78 is 5.26. The molecule has 0 atom stereocenters. The Balaban J connectivity index is 1.65. The van der Waals surface area contributed by atoms with Crippen LogP contribution in [0.25, 0.3) is 0 Å². The van der Waals surface area contributed by atoms with Gasteiger partial charge >= 0.3 is 0 Å². The predicted molar refractivity (Wildman–Crippen MR) is 94.8 cm³/mol. The molecular formula is C18H17N3O3S. The zero-order valence-electron chi connectivity index (χ0n) is 13.6. The summed E-state index contributed by atoms with van der Waals surface area (Å²) >= 11 is 1.38. The van der Waals surface area contributed by atoms with Gasteiger partial charge in [-0.3, -0.25) is 20.4 Å². The van der Waals surface area contributed by atoms with Crippen LogP contribution < -0.4 is 15.6 Å². The second kappa shape index (κ2) is 9.35. The first-order chi connectivity index (χ1) is 12.1. The molecule has 2 N–H and O–H groups in total. The summed E-state index contributed by atoms with van der Waals surface area (Å²) in [5, 5.41) is 8.70. The van der Waals surface area contributed by atoms with E-state index < -0.39 is 5.91 Å². The molecule has 0 aliphatic rings. The summed E-state index contributed by atoms with van der Waals surface area (Å²) in [7, 11) is 0. The zero-order chi connectivity index (χ0) is 18.1. The summed E-state index contributed by atoms with van der Waals surface area (Å²) in [6, 6.07) is 16.2. The summed E-state index contributed by atoms with van der Waals surface area (Å²) in [6.07, 6.45) is 0. The number of nitrogens with one attached hydrogen (secondary N) is 2. The van der Waals surface area contributed by atoms with Crippen LogP contribution in [0.3, 0.4) is 0 Å². The average Bonchev–Trinajstić information content (AvgIpc) is 2.64. The Bertz CT molecular complexity index is 768. The fourth-order valence-corrected chi connectivity index (χ4v) is 2.47. The minimum absolute atomic E-state index is 0.194. The lowest BCUT2D eigenvalue weighted by Crippen LogP contribution is -2.44. The number of benzene rings is 2. The summed E-state index contributed by atoms with van der Waals surface area (Å²) in [4.78, 5) is 24.3. The fourth-order valence-electron chi connectivity index (χ4n) is 1.77. The summed E-state index contributed by atoms with van der Waals surface area (Å²) in [5.74, 6) is -0.120. The van der Waals surface area contributed by atoms with E-state index in [1.54, 1.807) is 24.3 Å². The van der Waals surface area contributed by atoms with Crippen molar-refractivity contribution in [2.45, 2.75) is 11.8 Å². The molecule has 2 amide bonds. The highest BCUT2D eigenvalue weighted by Crippen LogP contribution is 2.17. The van der Waals surface area contributed by atoms with E-state index in [0.29, 0.717) is 11.3 Å². The number of ether oxygens (including phenoxy) is 1. The number of carbonyl (C=O) groups excluding carboxylic acids is 2. The van der Waals surface area contributed by atoms with E-state index in [9.17, 15) is 9.59 Å². The minimum Gasteiger partial charge on any atom is -0.484 e. The number of carbonyl (C=O) groups is 2. The number of amides is 2. The molecule has 2 rings (SSSR count). The Hall–Kier alpha value is -2.98. The molecule has 0 aromatic heterocycles. The molecule has 7 heteroatoms. The Morgan fingerprint density at radius 1 is 1.04 bits per heavy atom. The molecule has 2 aromatic carbocycles. The molecule has 0 unspecified atom stereocenters. The molecule has 0 saturated carbocycles. The van der Waals surface area contributed by atoms with Gasteiger partial charge in [0.25, 0.3) is 5.91 Å². The van der Waals surface area contributed by atoms with Gasteiger partial charge in [-0.15, -0.1) is 11.8 Å². The van der Waals surface area contributed by atoms with Crippen molar-refractivity contribution in [2.75, 3.05) is 12.4 Å². The highest BCUT2D eigenvalue weighted by atomic mass is 32.2. The molecule has 0 heterocycles. The molecule has 0 aliphatic heterocycles. The van der Waals surface area contributed by atoms with Crippen molar-refractivity contribution >= 4 is 23.6 Å². The van der Waals surface area contributed by atoms with Crippen LogP contribution in [-0.2, 0) is 9.59 Å². The average molecular weight is 355 g/mol. The van der Waals surface area contributed by atoms with Gasteiger partial charge in [-0.05, 0) is 43.3 Å². The van der Waals surface area contributed by atoms with E-state index in [1.165, 1.54) is 11.8 Å². The second-order valence-electron chi connectivity index (χ2n) is 5.12. The van der Waals surface area contributed by atoms with Crippen LogP contribution in [-0.4, -0.2) is 24.2 Å². The van der Waals surface area contributed by atoms with Gasteiger partial charge in [-0.25, -0.2) is 0 Å². The van der Waals surface area contributed by atoms with Crippen LogP contribution in [0.15, 0.2) is 53.4 Å². The van der Waals surface area contributed by atoms with Crippen molar-refractivity contribution in [2.24, 2.45) is 0 Å². The van der Waals surface area contributed by atoms with Crippen LogP contribution in [0.2, 0.25) is 0 Å². The quantitative estimate of drug-likeness (QED) is 0.612. The number of thioether (sulfide) groups is 1. The van der Waals surface area contributed by atoms with Crippen molar-refractivity contribution in [3.05, 3.63) is 59.7 Å².